The molecule has 0 atom stereocenters. The molecule has 6 heteroatoms. The lowest BCUT2D eigenvalue weighted by atomic mass is 10.1. The molecule has 122 valence electrons. The molecule has 4 N–H and O–H groups in total. The highest BCUT2D eigenvalue weighted by molar-refractivity contribution is 5.94. The Morgan fingerprint density at radius 1 is 1.17 bits per heavy atom. The van der Waals surface area contributed by atoms with Crippen LogP contribution >= 0.6 is 0 Å². The van der Waals surface area contributed by atoms with Crippen LogP contribution in [0.15, 0.2) is 47.5 Å². The van der Waals surface area contributed by atoms with Crippen molar-refractivity contribution >= 4 is 11.6 Å². The van der Waals surface area contributed by atoms with Gasteiger partial charge in [-0.2, -0.15) is 0 Å². The number of nitrogens with zero attached hydrogens (tertiary/aromatic N) is 1. The Balaban J connectivity index is 1.99. The zero-order valence-electron chi connectivity index (χ0n) is 13.2. The summed E-state index contributed by atoms with van der Waals surface area (Å²) in [5.74, 6) is 1.88. The second-order valence-electron chi connectivity index (χ2n) is 4.88. The summed E-state index contributed by atoms with van der Waals surface area (Å²) in [6.45, 7) is 0.509. The van der Waals surface area contributed by atoms with E-state index in [-0.39, 0.29) is 11.7 Å². The third-order valence-corrected chi connectivity index (χ3v) is 3.26. The fourth-order valence-electron chi connectivity index (χ4n) is 2.11. The van der Waals surface area contributed by atoms with E-state index in [2.05, 4.69) is 10.3 Å². The molecule has 0 aliphatic rings. The van der Waals surface area contributed by atoms with Gasteiger partial charge in [-0.05, 0) is 36.2 Å². The standard InChI is InChI=1S/C17H21N3O3/c1-22-14-6-7-16(23-2)15(11-14)20-17(18)19-9-8-12-4-3-5-13(21)10-12/h3-7,10-11,21H,8-9H2,1-2H3,(H3,18,19,20). The highest BCUT2D eigenvalue weighted by atomic mass is 16.5. The number of aliphatic imine (C=N–C) groups is 1. The van der Waals surface area contributed by atoms with Crippen molar-refractivity contribution in [3.05, 3.63) is 48.0 Å². The van der Waals surface area contributed by atoms with Gasteiger partial charge in [0.15, 0.2) is 5.96 Å². The first-order chi connectivity index (χ1) is 11.1. The molecule has 23 heavy (non-hydrogen) atoms. The van der Waals surface area contributed by atoms with E-state index in [9.17, 15) is 5.11 Å². The van der Waals surface area contributed by atoms with Gasteiger partial charge in [-0.3, -0.25) is 4.99 Å². The fraction of sp³-hybridized carbons (Fsp3) is 0.235. The summed E-state index contributed by atoms with van der Waals surface area (Å²) in [5, 5.41) is 12.4. The lowest BCUT2D eigenvalue weighted by molar-refractivity contribution is 0.405. The zero-order chi connectivity index (χ0) is 16.7. The van der Waals surface area contributed by atoms with Crippen molar-refractivity contribution < 1.29 is 14.6 Å². The first-order valence-electron chi connectivity index (χ1n) is 7.19. The monoisotopic (exact) mass is 315 g/mol. The van der Waals surface area contributed by atoms with Crippen molar-refractivity contribution in [2.45, 2.75) is 6.42 Å². The molecule has 0 aromatic heterocycles. The van der Waals surface area contributed by atoms with Gasteiger partial charge in [0.1, 0.15) is 17.2 Å². The van der Waals surface area contributed by atoms with E-state index < -0.39 is 0 Å². The molecule has 0 saturated heterocycles. The largest absolute Gasteiger partial charge is 0.508 e. The zero-order valence-corrected chi connectivity index (χ0v) is 13.2. The van der Waals surface area contributed by atoms with E-state index in [1.54, 1.807) is 50.6 Å². The molecule has 0 bridgehead atoms. The minimum atomic E-state index is 0.249. The van der Waals surface area contributed by atoms with E-state index in [1.165, 1.54) is 0 Å². The number of methoxy groups -OCH3 is 2. The van der Waals surface area contributed by atoms with Crippen molar-refractivity contribution in [3.63, 3.8) is 0 Å². The number of guanidine groups is 1. The molecular formula is C17H21N3O3. The summed E-state index contributed by atoms with van der Waals surface area (Å²) in [6.07, 6.45) is 0.687. The fourth-order valence-corrected chi connectivity index (χ4v) is 2.11. The van der Waals surface area contributed by atoms with Crippen molar-refractivity contribution in [2.24, 2.45) is 10.7 Å². The summed E-state index contributed by atoms with van der Waals surface area (Å²) >= 11 is 0. The Morgan fingerprint density at radius 2 is 2.00 bits per heavy atom. The normalized spacial score (nSPS) is 11.1. The Labute approximate surface area is 135 Å². The van der Waals surface area contributed by atoms with Gasteiger partial charge in [0.2, 0.25) is 0 Å². The van der Waals surface area contributed by atoms with Crippen molar-refractivity contribution in [1.82, 2.24) is 0 Å². The molecular weight excluding hydrogens is 294 g/mol. The molecule has 0 fully saturated rings. The van der Waals surface area contributed by atoms with Crippen LogP contribution in [-0.2, 0) is 6.42 Å². The second-order valence-corrected chi connectivity index (χ2v) is 4.88. The Kier molecular flexibility index (Phi) is 5.68. The average Bonchev–Trinajstić information content (AvgIpc) is 2.55. The first-order valence-corrected chi connectivity index (χ1v) is 7.19. The van der Waals surface area contributed by atoms with Crippen LogP contribution in [0, 0.1) is 0 Å². The van der Waals surface area contributed by atoms with Crippen molar-refractivity contribution in [3.8, 4) is 17.2 Å². The molecule has 0 spiro atoms. The number of nitrogens with two attached hydrogens (primary N) is 1. The molecule has 0 radical (unpaired) electrons. The summed E-state index contributed by atoms with van der Waals surface area (Å²) in [7, 11) is 3.18. The number of ether oxygens (including phenoxy) is 2. The predicted octanol–water partition coefficient (Wildman–Crippen LogP) is 2.38. The topological polar surface area (TPSA) is 89.1 Å². The first kappa shape index (κ1) is 16.5. The average molecular weight is 315 g/mol. The molecule has 6 nitrogen and oxygen atoms in total. The number of hydrogen-bond donors (Lipinski definition) is 3. The number of phenols is 1. The quantitative estimate of drug-likeness (QED) is 0.562. The Hall–Kier alpha value is -2.89. The van der Waals surface area contributed by atoms with Gasteiger partial charge in [-0.1, -0.05) is 12.1 Å². The van der Waals surface area contributed by atoms with Crippen LogP contribution in [0.5, 0.6) is 17.2 Å². The van der Waals surface area contributed by atoms with Gasteiger partial charge in [0, 0.05) is 12.6 Å². The third kappa shape index (κ3) is 4.81. The highest BCUT2D eigenvalue weighted by Gasteiger charge is 2.06. The Bertz CT molecular complexity index is 687. The SMILES string of the molecule is COc1ccc(OC)c(NC(N)=NCCc2cccc(O)c2)c1. The summed E-state index contributed by atoms with van der Waals surface area (Å²) in [4.78, 5) is 4.28. The summed E-state index contributed by atoms with van der Waals surface area (Å²) in [5.41, 5.74) is 7.59. The molecule has 0 amide bonds. The van der Waals surface area contributed by atoms with Gasteiger partial charge in [0.05, 0.1) is 19.9 Å². The molecule has 0 aliphatic carbocycles. The highest BCUT2D eigenvalue weighted by Crippen LogP contribution is 2.28. The summed E-state index contributed by atoms with van der Waals surface area (Å²) < 4.78 is 10.5. The number of aromatic hydroxyl groups is 1. The number of anilines is 1. The van der Waals surface area contributed by atoms with Crippen LogP contribution in [0.25, 0.3) is 0 Å². The third-order valence-electron chi connectivity index (χ3n) is 3.26. The van der Waals surface area contributed by atoms with E-state index in [0.29, 0.717) is 30.2 Å². The predicted molar refractivity (Wildman–Crippen MR) is 91.5 cm³/mol. The van der Waals surface area contributed by atoms with Crippen LogP contribution in [0.1, 0.15) is 5.56 Å². The van der Waals surface area contributed by atoms with Crippen molar-refractivity contribution in [2.75, 3.05) is 26.1 Å². The maximum absolute atomic E-state index is 9.42. The lowest BCUT2D eigenvalue weighted by Crippen LogP contribution is -2.23. The maximum Gasteiger partial charge on any atom is 0.193 e. The maximum atomic E-state index is 9.42. The number of nitrogens with one attached hydrogen (secondary N) is 1. The van der Waals surface area contributed by atoms with Crippen molar-refractivity contribution in [1.29, 1.82) is 0 Å². The lowest BCUT2D eigenvalue weighted by Gasteiger charge is -2.12. The molecule has 2 aromatic rings. The smallest absolute Gasteiger partial charge is 0.193 e. The van der Waals surface area contributed by atoms with E-state index in [0.717, 1.165) is 5.56 Å². The van der Waals surface area contributed by atoms with Gasteiger partial charge in [-0.25, -0.2) is 0 Å². The van der Waals surface area contributed by atoms with Crippen LogP contribution in [0.4, 0.5) is 5.69 Å². The molecule has 0 saturated carbocycles. The van der Waals surface area contributed by atoms with Gasteiger partial charge in [0.25, 0.3) is 0 Å². The van der Waals surface area contributed by atoms with E-state index in [4.69, 9.17) is 15.2 Å². The summed E-state index contributed by atoms with van der Waals surface area (Å²) in [6, 6.07) is 12.5. The number of benzene rings is 2. The number of phenolic OH excluding ortho intramolecular Hbond substituents is 1. The van der Waals surface area contributed by atoms with Crippen LogP contribution in [0.3, 0.4) is 0 Å². The molecule has 2 aromatic carbocycles. The molecule has 0 unspecified atom stereocenters. The minimum absolute atomic E-state index is 0.249. The number of hydrogen-bond acceptors (Lipinski definition) is 4. The Morgan fingerprint density at radius 3 is 2.70 bits per heavy atom. The van der Waals surface area contributed by atoms with Gasteiger partial charge in [-0.15, -0.1) is 0 Å². The van der Waals surface area contributed by atoms with E-state index >= 15 is 0 Å². The molecule has 0 heterocycles. The minimum Gasteiger partial charge on any atom is -0.508 e. The molecule has 2 rings (SSSR count). The van der Waals surface area contributed by atoms with Gasteiger partial charge < -0.3 is 25.6 Å². The van der Waals surface area contributed by atoms with Gasteiger partial charge >= 0.3 is 0 Å². The van der Waals surface area contributed by atoms with Crippen LogP contribution in [0.2, 0.25) is 0 Å². The van der Waals surface area contributed by atoms with Crippen LogP contribution in [-0.4, -0.2) is 31.8 Å². The molecule has 0 aliphatic heterocycles. The van der Waals surface area contributed by atoms with Crippen LogP contribution < -0.4 is 20.5 Å². The van der Waals surface area contributed by atoms with E-state index in [1.807, 2.05) is 6.07 Å². The second kappa shape index (κ2) is 7.93. The number of rotatable bonds is 6.